The van der Waals surface area contributed by atoms with Crippen LogP contribution in [0.25, 0.3) is 11.1 Å². The van der Waals surface area contributed by atoms with E-state index in [0.717, 1.165) is 11.1 Å². The van der Waals surface area contributed by atoms with E-state index in [1.54, 1.807) is 24.3 Å². The lowest BCUT2D eigenvalue weighted by atomic mass is 10.0. The van der Waals surface area contributed by atoms with Gasteiger partial charge in [0.2, 0.25) is 0 Å². The summed E-state index contributed by atoms with van der Waals surface area (Å²) in [6.07, 6.45) is 0. The Morgan fingerprint density at radius 3 is 2.20 bits per heavy atom. The Hall–Kier alpha value is -2.27. The predicted octanol–water partition coefficient (Wildman–Crippen LogP) is 2.93. The molecule has 0 bridgehead atoms. The third kappa shape index (κ3) is 1.82. The van der Waals surface area contributed by atoms with Crippen molar-refractivity contribution in [1.82, 2.24) is 0 Å². The topological polar surface area (TPSA) is 44.0 Å². The van der Waals surface area contributed by atoms with E-state index in [4.69, 9.17) is 5.26 Å². The second-order valence-corrected chi connectivity index (χ2v) is 3.21. The first kappa shape index (κ1) is 9.29. The van der Waals surface area contributed by atoms with Crippen molar-refractivity contribution in [3.8, 4) is 22.9 Å². The van der Waals surface area contributed by atoms with Gasteiger partial charge in [-0.15, -0.1) is 0 Å². The number of phenolic OH excluding ortho intramolecular Hbond substituents is 1. The summed E-state index contributed by atoms with van der Waals surface area (Å²) >= 11 is 0. The highest BCUT2D eigenvalue weighted by molar-refractivity contribution is 5.70. The van der Waals surface area contributed by atoms with Gasteiger partial charge in [0.1, 0.15) is 5.75 Å². The maximum Gasteiger partial charge on any atom is 0.123 e. The average Bonchev–Trinajstić information content (AvgIpc) is 2.30. The van der Waals surface area contributed by atoms with E-state index in [2.05, 4.69) is 6.07 Å². The Labute approximate surface area is 88.0 Å². The van der Waals surface area contributed by atoms with Gasteiger partial charge in [0.05, 0.1) is 11.6 Å². The fraction of sp³-hybridized carbons (Fsp3) is 0. The molecule has 2 nitrogen and oxygen atoms in total. The van der Waals surface area contributed by atoms with E-state index in [-0.39, 0.29) is 5.75 Å². The van der Waals surface area contributed by atoms with Crippen molar-refractivity contribution in [1.29, 1.82) is 5.26 Å². The number of aromatic hydroxyl groups is 1. The fourth-order valence-corrected chi connectivity index (χ4v) is 1.44. The summed E-state index contributed by atoms with van der Waals surface area (Å²) in [4.78, 5) is 0. The van der Waals surface area contributed by atoms with Gasteiger partial charge in [0, 0.05) is 5.56 Å². The van der Waals surface area contributed by atoms with Crippen molar-refractivity contribution in [2.45, 2.75) is 0 Å². The van der Waals surface area contributed by atoms with Crippen LogP contribution in [0.2, 0.25) is 0 Å². The molecule has 0 aliphatic rings. The van der Waals surface area contributed by atoms with Crippen molar-refractivity contribution in [3.63, 3.8) is 0 Å². The van der Waals surface area contributed by atoms with E-state index in [9.17, 15) is 5.11 Å². The summed E-state index contributed by atoms with van der Waals surface area (Å²) in [5, 5.41) is 18.3. The van der Waals surface area contributed by atoms with Gasteiger partial charge in [-0.1, -0.05) is 30.3 Å². The number of nitriles is 1. The zero-order chi connectivity index (χ0) is 10.7. The molecule has 0 heterocycles. The van der Waals surface area contributed by atoms with Gasteiger partial charge >= 0.3 is 0 Å². The number of hydrogen-bond donors (Lipinski definition) is 1. The van der Waals surface area contributed by atoms with E-state index < -0.39 is 0 Å². The number of phenols is 1. The number of para-hydroxylation sites is 1. The molecule has 0 saturated heterocycles. The zero-order valence-electron chi connectivity index (χ0n) is 8.01. The molecular weight excluding hydrogens is 186 g/mol. The van der Waals surface area contributed by atoms with Gasteiger partial charge in [-0.05, 0) is 23.8 Å². The van der Waals surface area contributed by atoms with Crippen molar-refractivity contribution in [2.75, 3.05) is 0 Å². The molecule has 15 heavy (non-hydrogen) atoms. The number of rotatable bonds is 1. The van der Waals surface area contributed by atoms with Crippen LogP contribution in [0.15, 0.2) is 48.5 Å². The Morgan fingerprint density at radius 2 is 1.60 bits per heavy atom. The van der Waals surface area contributed by atoms with Crippen molar-refractivity contribution in [3.05, 3.63) is 54.1 Å². The van der Waals surface area contributed by atoms with Crippen LogP contribution in [-0.2, 0) is 0 Å². The minimum atomic E-state index is 0.252. The molecule has 0 aliphatic heterocycles. The summed E-state index contributed by atoms with van der Waals surface area (Å²) in [7, 11) is 0. The Morgan fingerprint density at radius 1 is 0.933 bits per heavy atom. The first-order valence-electron chi connectivity index (χ1n) is 4.60. The van der Waals surface area contributed by atoms with Crippen molar-refractivity contribution in [2.24, 2.45) is 0 Å². The second-order valence-electron chi connectivity index (χ2n) is 3.21. The summed E-state index contributed by atoms with van der Waals surface area (Å²) in [6, 6.07) is 16.3. The molecule has 0 saturated carbocycles. The van der Waals surface area contributed by atoms with Gasteiger partial charge in [0.25, 0.3) is 0 Å². The van der Waals surface area contributed by atoms with E-state index >= 15 is 0 Å². The van der Waals surface area contributed by atoms with Crippen LogP contribution in [-0.4, -0.2) is 5.11 Å². The number of nitrogens with zero attached hydrogens (tertiary/aromatic N) is 1. The Bertz CT molecular complexity index is 509. The summed E-state index contributed by atoms with van der Waals surface area (Å²) < 4.78 is 0. The summed E-state index contributed by atoms with van der Waals surface area (Å²) in [5.74, 6) is 0.252. The summed E-state index contributed by atoms with van der Waals surface area (Å²) in [5.41, 5.74) is 2.31. The Kier molecular flexibility index (Phi) is 2.38. The first-order valence-corrected chi connectivity index (χ1v) is 4.60. The minimum Gasteiger partial charge on any atom is -0.507 e. The maximum atomic E-state index is 9.63. The molecular formula is C13H9NO. The predicted molar refractivity (Wildman–Crippen MR) is 58.3 cm³/mol. The fourth-order valence-electron chi connectivity index (χ4n) is 1.44. The number of benzene rings is 2. The summed E-state index contributed by atoms with van der Waals surface area (Å²) in [6.45, 7) is 0. The molecule has 0 aromatic heterocycles. The number of hydrogen-bond acceptors (Lipinski definition) is 2. The minimum absolute atomic E-state index is 0.252. The molecule has 0 unspecified atom stereocenters. The highest BCUT2D eigenvalue weighted by Crippen LogP contribution is 2.28. The lowest BCUT2D eigenvalue weighted by Crippen LogP contribution is -1.79. The van der Waals surface area contributed by atoms with Crippen LogP contribution in [0.5, 0.6) is 5.75 Å². The molecule has 1 N–H and O–H groups in total. The zero-order valence-corrected chi connectivity index (χ0v) is 8.01. The Balaban J connectivity index is 2.47. The smallest absolute Gasteiger partial charge is 0.123 e. The van der Waals surface area contributed by atoms with Gasteiger partial charge in [-0.25, -0.2) is 0 Å². The molecule has 2 rings (SSSR count). The van der Waals surface area contributed by atoms with Crippen molar-refractivity contribution >= 4 is 0 Å². The third-order valence-corrected chi connectivity index (χ3v) is 2.23. The van der Waals surface area contributed by atoms with Crippen LogP contribution >= 0.6 is 0 Å². The largest absolute Gasteiger partial charge is 0.507 e. The van der Waals surface area contributed by atoms with Crippen molar-refractivity contribution < 1.29 is 5.11 Å². The highest BCUT2D eigenvalue weighted by atomic mass is 16.3. The van der Waals surface area contributed by atoms with Crippen LogP contribution in [0.1, 0.15) is 5.56 Å². The van der Waals surface area contributed by atoms with E-state index in [1.165, 1.54) is 0 Å². The lowest BCUT2D eigenvalue weighted by molar-refractivity contribution is 0.477. The van der Waals surface area contributed by atoms with Gasteiger partial charge in [-0.2, -0.15) is 5.26 Å². The second kappa shape index (κ2) is 3.85. The van der Waals surface area contributed by atoms with Gasteiger partial charge in [0.15, 0.2) is 0 Å². The standard InChI is InChI=1S/C13H9NO/c14-9-10-5-7-11(8-6-10)12-3-1-2-4-13(12)15/h1-8,15H. The molecule has 2 aromatic rings. The average molecular weight is 195 g/mol. The van der Waals surface area contributed by atoms with Crippen LogP contribution in [0.3, 0.4) is 0 Å². The van der Waals surface area contributed by atoms with E-state index in [1.807, 2.05) is 24.3 Å². The monoisotopic (exact) mass is 195 g/mol. The van der Waals surface area contributed by atoms with Gasteiger partial charge < -0.3 is 5.11 Å². The molecule has 0 aliphatic carbocycles. The lowest BCUT2D eigenvalue weighted by Gasteiger charge is -2.03. The molecule has 0 atom stereocenters. The van der Waals surface area contributed by atoms with Crippen LogP contribution in [0.4, 0.5) is 0 Å². The van der Waals surface area contributed by atoms with E-state index in [0.29, 0.717) is 5.56 Å². The third-order valence-electron chi connectivity index (χ3n) is 2.23. The molecule has 0 spiro atoms. The highest BCUT2D eigenvalue weighted by Gasteiger charge is 2.02. The molecule has 0 amide bonds. The molecule has 2 heteroatoms. The molecule has 0 radical (unpaired) electrons. The molecule has 0 fully saturated rings. The first-order chi connectivity index (χ1) is 7.31. The molecule has 2 aromatic carbocycles. The normalized spacial score (nSPS) is 9.53. The maximum absolute atomic E-state index is 9.63. The van der Waals surface area contributed by atoms with Crippen LogP contribution < -0.4 is 0 Å². The van der Waals surface area contributed by atoms with Crippen LogP contribution in [0, 0.1) is 11.3 Å². The SMILES string of the molecule is N#Cc1ccc(-c2ccccc2O)cc1. The molecule has 72 valence electrons. The van der Waals surface area contributed by atoms with Gasteiger partial charge in [-0.3, -0.25) is 0 Å². The quantitative estimate of drug-likeness (QED) is 0.760.